The largest absolute Gasteiger partial charge is 0.368 e. The van der Waals surface area contributed by atoms with Crippen molar-refractivity contribution >= 4 is 29.3 Å². The van der Waals surface area contributed by atoms with Gasteiger partial charge in [0.05, 0.1) is 10.6 Å². The summed E-state index contributed by atoms with van der Waals surface area (Å²) in [4.78, 5) is 15.8. The van der Waals surface area contributed by atoms with E-state index in [2.05, 4.69) is 10.3 Å². The van der Waals surface area contributed by atoms with Crippen molar-refractivity contribution in [3.63, 3.8) is 0 Å². The lowest BCUT2D eigenvalue weighted by Gasteiger charge is -2.29. The number of hydrogen-bond donors (Lipinski definition) is 2. The highest BCUT2D eigenvalue weighted by Crippen LogP contribution is 2.31. The fraction of sp³-hybridized carbons (Fsp3) is 0.538. The second-order valence-electron chi connectivity index (χ2n) is 4.65. The molecule has 0 bridgehead atoms. The number of nitrogens with two attached hydrogens (primary N) is 1. The number of thioether (sulfide) groups is 1. The molecule has 0 saturated carbocycles. The molecule has 1 heterocycles. The van der Waals surface area contributed by atoms with Crippen molar-refractivity contribution in [2.24, 2.45) is 5.73 Å². The Morgan fingerprint density at radius 3 is 2.89 bits per heavy atom. The van der Waals surface area contributed by atoms with Gasteiger partial charge in [0, 0.05) is 11.4 Å². The van der Waals surface area contributed by atoms with Gasteiger partial charge in [0.25, 0.3) is 0 Å². The monoisotopic (exact) mass is 301 g/mol. The molecule has 0 spiro atoms. The topological polar surface area (TPSA) is 68.0 Å². The van der Waals surface area contributed by atoms with Crippen LogP contribution in [0.1, 0.15) is 27.2 Å². The molecule has 1 amide bonds. The number of aromatic nitrogens is 1. The van der Waals surface area contributed by atoms with Crippen molar-refractivity contribution in [2.75, 3.05) is 6.54 Å². The normalized spacial score (nSPS) is 15.8. The van der Waals surface area contributed by atoms with Crippen LogP contribution in [0.2, 0.25) is 5.02 Å². The van der Waals surface area contributed by atoms with Crippen LogP contribution in [0.5, 0.6) is 0 Å². The molecule has 0 aliphatic heterocycles. The maximum atomic E-state index is 11.6. The van der Waals surface area contributed by atoms with E-state index in [9.17, 15) is 4.79 Å². The number of pyridine rings is 1. The van der Waals surface area contributed by atoms with Crippen LogP contribution >= 0.6 is 23.4 Å². The number of carbonyl (C=O) groups excluding carboxylic acids is 1. The summed E-state index contributed by atoms with van der Waals surface area (Å²) in [5.74, 6) is -0.339. The van der Waals surface area contributed by atoms with Crippen molar-refractivity contribution in [1.29, 1.82) is 0 Å². The summed E-state index contributed by atoms with van der Waals surface area (Å²) in [7, 11) is 0. The summed E-state index contributed by atoms with van der Waals surface area (Å²) in [5, 5.41) is 4.72. The second kappa shape index (κ2) is 7.12. The molecule has 19 heavy (non-hydrogen) atoms. The Bertz CT molecular complexity index is 444. The third-order valence-electron chi connectivity index (χ3n) is 2.84. The van der Waals surface area contributed by atoms with Crippen molar-refractivity contribution in [1.82, 2.24) is 10.3 Å². The van der Waals surface area contributed by atoms with Gasteiger partial charge in [-0.3, -0.25) is 4.79 Å². The van der Waals surface area contributed by atoms with Gasteiger partial charge < -0.3 is 11.1 Å². The molecular weight excluding hydrogens is 282 g/mol. The minimum Gasteiger partial charge on any atom is -0.368 e. The third kappa shape index (κ3) is 4.67. The number of carbonyl (C=O) groups is 1. The molecule has 2 atom stereocenters. The van der Waals surface area contributed by atoms with Gasteiger partial charge in [-0.1, -0.05) is 25.4 Å². The zero-order valence-corrected chi connectivity index (χ0v) is 13.0. The van der Waals surface area contributed by atoms with E-state index in [1.54, 1.807) is 30.1 Å². The van der Waals surface area contributed by atoms with Crippen LogP contribution in [-0.2, 0) is 4.79 Å². The first kappa shape index (κ1) is 16.3. The Hall–Kier alpha value is -0.780. The highest BCUT2D eigenvalue weighted by atomic mass is 35.5. The first-order valence-electron chi connectivity index (χ1n) is 6.21. The Kier molecular flexibility index (Phi) is 6.10. The molecule has 0 aliphatic carbocycles. The predicted octanol–water partition coefficient (Wildman–Crippen LogP) is 2.46. The van der Waals surface area contributed by atoms with Crippen molar-refractivity contribution < 1.29 is 4.79 Å². The molecule has 6 heteroatoms. The SMILES string of the molecule is CCNC(C)(CC(C)Sc1ncccc1Cl)C(N)=O. The maximum Gasteiger partial charge on any atom is 0.237 e. The molecule has 1 rings (SSSR count). The molecule has 0 radical (unpaired) electrons. The lowest BCUT2D eigenvalue weighted by molar-refractivity contribution is -0.124. The van der Waals surface area contributed by atoms with Gasteiger partial charge in [-0.25, -0.2) is 4.98 Å². The number of halogens is 1. The van der Waals surface area contributed by atoms with Crippen LogP contribution in [0, 0.1) is 0 Å². The van der Waals surface area contributed by atoms with Crippen LogP contribution in [0.3, 0.4) is 0 Å². The van der Waals surface area contributed by atoms with E-state index in [1.807, 2.05) is 20.8 Å². The predicted molar refractivity (Wildman–Crippen MR) is 80.5 cm³/mol. The zero-order chi connectivity index (χ0) is 14.5. The quantitative estimate of drug-likeness (QED) is 0.759. The lowest BCUT2D eigenvalue weighted by Crippen LogP contribution is -2.54. The molecule has 2 unspecified atom stereocenters. The second-order valence-corrected chi connectivity index (χ2v) is 6.48. The van der Waals surface area contributed by atoms with E-state index in [0.29, 0.717) is 18.0 Å². The molecule has 1 aromatic heterocycles. The van der Waals surface area contributed by atoms with Crippen molar-refractivity contribution in [3.05, 3.63) is 23.4 Å². The maximum absolute atomic E-state index is 11.6. The first-order valence-corrected chi connectivity index (χ1v) is 7.47. The molecule has 0 aromatic carbocycles. The summed E-state index contributed by atoms with van der Waals surface area (Å²) < 4.78 is 0. The number of primary amides is 1. The number of hydrogen-bond acceptors (Lipinski definition) is 4. The molecule has 106 valence electrons. The van der Waals surface area contributed by atoms with E-state index in [4.69, 9.17) is 17.3 Å². The van der Waals surface area contributed by atoms with Gasteiger partial charge in [0.15, 0.2) is 0 Å². The lowest BCUT2D eigenvalue weighted by atomic mass is 9.95. The van der Waals surface area contributed by atoms with Crippen molar-refractivity contribution in [3.8, 4) is 0 Å². The molecule has 1 aromatic rings. The molecule has 0 aliphatic rings. The smallest absolute Gasteiger partial charge is 0.237 e. The van der Waals surface area contributed by atoms with Crippen LogP contribution < -0.4 is 11.1 Å². The van der Waals surface area contributed by atoms with E-state index >= 15 is 0 Å². The van der Waals surface area contributed by atoms with Crippen LogP contribution in [0.15, 0.2) is 23.4 Å². The van der Waals surface area contributed by atoms with Crippen LogP contribution in [0.25, 0.3) is 0 Å². The average molecular weight is 302 g/mol. The van der Waals surface area contributed by atoms with Gasteiger partial charge in [-0.15, -0.1) is 11.8 Å². The number of amides is 1. The number of rotatable bonds is 7. The fourth-order valence-electron chi connectivity index (χ4n) is 1.92. The van der Waals surface area contributed by atoms with Gasteiger partial charge in [0.1, 0.15) is 5.03 Å². The Balaban J connectivity index is 2.71. The van der Waals surface area contributed by atoms with Gasteiger partial charge in [-0.2, -0.15) is 0 Å². The molecule has 3 N–H and O–H groups in total. The molecular formula is C13H20ClN3OS. The average Bonchev–Trinajstić information content (AvgIpc) is 2.32. The number of nitrogens with one attached hydrogen (secondary N) is 1. The number of nitrogens with zero attached hydrogens (tertiary/aromatic N) is 1. The summed E-state index contributed by atoms with van der Waals surface area (Å²) in [5.41, 5.74) is 4.77. The highest BCUT2D eigenvalue weighted by molar-refractivity contribution is 7.99. The summed E-state index contributed by atoms with van der Waals surface area (Å²) in [6.45, 7) is 6.51. The Morgan fingerprint density at radius 2 is 2.37 bits per heavy atom. The number of likely N-dealkylation sites (N-methyl/N-ethyl adjacent to an activating group) is 1. The molecule has 4 nitrogen and oxygen atoms in total. The van der Waals surface area contributed by atoms with E-state index in [1.165, 1.54) is 0 Å². The Labute approximate surface area is 123 Å². The summed E-state index contributed by atoms with van der Waals surface area (Å²) >= 11 is 7.62. The van der Waals surface area contributed by atoms with E-state index in [0.717, 1.165) is 5.03 Å². The molecule has 0 fully saturated rings. The fourth-order valence-corrected chi connectivity index (χ4v) is 3.27. The summed E-state index contributed by atoms with van der Waals surface area (Å²) in [6, 6.07) is 3.60. The van der Waals surface area contributed by atoms with Crippen molar-refractivity contribution in [2.45, 2.75) is 43.0 Å². The minimum atomic E-state index is -0.706. The van der Waals surface area contributed by atoms with E-state index in [-0.39, 0.29) is 11.2 Å². The van der Waals surface area contributed by atoms with Gasteiger partial charge in [0.2, 0.25) is 5.91 Å². The van der Waals surface area contributed by atoms with Crippen LogP contribution in [-0.4, -0.2) is 28.2 Å². The molecule has 0 saturated heterocycles. The first-order chi connectivity index (χ1) is 8.89. The Morgan fingerprint density at radius 1 is 1.68 bits per heavy atom. The minimum absolute atomic E-state index is 0.170. The van der Waals surface area contributed by atoms with E-state index < -0.39 is 5.54 Å². The van der Waals surface area contributed by atoms with Gasteiger partial charge >= 0.3 is 0 Å². The van der Waals surface area contributed by atoms with Gasteiger partial charge in [-0.05, 0) is 32.0 Å². The third-order valence-corrected chi connectivity index (χ3v) is 4.38. The zero-order valence-electron chi connectivity index (χ0n) is 11.4. The summed E-state index contributed by atoms with van der Waals surface area (Å²) in [6.07, 6.45) is 2.33. The van der Waals surface area contributed by atoms with Crippen LogP contribution in [0.4, 0.5) is 0 Å². The standard InChI is InChI=1S/C13H20ClN3OS/c1-4-17-13(3,12(15)18)8-9(2)19-11-10(14)6-5-7-16-11/h5-7,9,17H,4,8H2,1-3H3,(H2,15,18). The highest BCUT2D eigenvalue weighted by Gasteiger charge is 2.32.